The van der Waals surface area contributed by atoms with Crippen molar-refractivity contribution in [3.63, 3.8) is 0 Å². The van der Waals surface area contributed by atoms with Crippen LogP contribution in [0.25, 0.3) is 17.3 Å². The Morgan fingerprint density at radius 1 is 1.06 bits per heavy atom. The number of thiazole rings is 1. The molecule has 0 aliphatic rings. The highest BCUT2D eigenvalue weighted by Crippen LogP contribution is 2.10. The normalized spacial score (nSPS) is 12.2. The highest BCUT2D eigenvalue weighted by molar-refractivity contribution is 7.07. The Bertz CT molecular complexity index is 1490. The largest absolute Gasteiger partial charge is 0.321 e. The number of pyridine rings is 1. The average molecular weight is 442 g/mol. The number of hydrogen-bond acceptors (Lipinski definition) is 5. The van der Waals surface area contributed by atoms with Gasteiger partial charge in [0.1, 0.15) is 16.5 Å². The van der Waals surface area contributed by atoms with E-state index in [9.17, 15) is 19.2 Å². The van der Waals surface area contributed by atoms with Crippen molar-refractivity contribution >= 4 is 34.6 Å². The summed E-state index contributed by atoms with van der Waals surface area (Å²) in [5.74, 6) is -1.14. The minimum absolute atomic E-state index is 0.198. The first-order valence-electron chi connectivity index (χ1n) is 9.47. The zero-order valence-electron chi connectivity index (χ0n) is 16.5. The zero-order chi connectivity index (χ0) is 22.5. The van der Waals surface area contributed by atoms with Gasteiger partial charge in [0.25, 0.3) is 11.5 Å². The summed E-state index contributed by atoms with van der Waals surface area (Å²) in [4.78, 5) is 30.1. The van der Waals surface area contributed by atoms with E-state index < -0.39 is 11.7 Å². The fourth-order valence-corrected chi connectivity index (χ4v) is 4.10. The van der Waals surface area contributed by atoms with Crippen molar-refractivity contribution < 1.29 is 9.18 Å². The third-order valence-corrected chi connectivity index (χ3v) is 5.59. The van der Waals surface area contributed by atoms with E-state index in [0.717, 1.165) is 16.9 Å². The van der Waals surface area contributed by atoms with Crippen molar-refractivity contribution in [2.75, 3.05) is 5.32 Å². The number of benzene rings is 2. The Balaban J connectivity index is 1.94. The number of amides is 1. The second-order valence-corrected chi connectivity index (χ2v) is 7.65. The van der Waals surface area contributed by atoms with Crippen LogP contribution >= 0.6 is 11.3 Å². The molecular weight excluding hydrogens is 427 g/mol. The van der Waals surface area contributed by atoms with Gasteiger partial charge in [-0.1, -0.05) is 18.2 Å². The zero-order valence-corrected chi connectivity index (χ0v) is 17.3. The average Bonchev–Trinajstić information content (AvgIpc) is 3.12. The molecule has 0 unspecified atom stereocenters. The van der Waals surface area contributed by atoms with Crippen molar-refractivity contribution in [3.8, 4) is 11.8 Å². The first-order chi connectivity index (χ1) is 15.6. The molecular formula is C24H15FN4O2S. The lowest BCUT2D eigenvalue weighted by Crippen LogP contribution is -2.32. The highest BCUT2D eigenvalue weighted by Gasteiger charge is 2.17. The quantitative estimate of drug-likeness (QED) is 0.526. The molecule has 2 heterocycles. The molecule has 0 fully saturated rings. The lowest BCUT2D eigenvalue weighted by molar-refractivity contribution is -0.111. The molecule has 0 saturated heterocycles. The predicted molar refractivity (Wildman–Crippen MR) is 121 cm³/mol. The van der Waals surface area contributed by atoms with Crippen LogP contribution in [0.2, 0.25) is 0 Å². The number of nitrogens with one attached hydrogen (secondary N) is 1. The number of nitriles is 1. The molecule has 1 N–H and O–H groups in total. The van der Waals surface area contributed by atoms with Gasteiger partial charge in [-0.25, -0.2) is 4.39 Å². The number of anilines is 1. The number of aromatic nitrogens is 2. The lowest BCUT2D eigenvalue weighted by atomic mass is 10.2. The van der Waals surface area contributed by atoms with Gasteiger partial charge in [-0.15, -0.1) is 11.3 Å². The second-order valence-electron chi connectivity index (χ2n) is 6.62. The van der Waals surface area contributed by atoms with Gasteiger partial charge in [-0.3, -0.25) is 19.1 Å². The van der Waals surface area contributed by atoms with E-state index in [4.69, 9.17) is 0 Å². The molecule has 1 amide bonds. The Labute approximate surface area is 185 Å². The molecule has 0 atom stereocenters. The summed E-state index contributed by atoms with van der Waals surface area (Å²) in [6.45, 7) is 0. The van der Waals surface area contributed by atoms with Crippen LogP contribution in [0.3, 0.4) is 0 Å². The Hall–Kier alpha value is -4.35. The molecule has 4 aromatic rings. The van der Waals surface area contributed by atoms with Crippen LogP contribution in [-0.2, 0) is 4.79 Å². The van der Waals surface area contributed by atoms with Crippen LogP contribution in [0, 0.1) is 17.1 Å². The number of hydrogen-bond donors (Lipinski definition) is 1. The third kappa shape index (κ3) is 4.38. The van der Waals surface area contributed by atoms with Gasteiger partial charge < -0.3 is 5.32 Å². The molecule has 156 valence electrons. The Kier molecular flexibility index (Phi) is 6.01. The summed E-state index contributed by atoms with van der Waals surface area (Å²) < 4.78 is 15.1. The van der Waals surface area contributed by atoms with E-state index in [0.29, 0.717) is 15.9 Å². The van der Waals surface area contributed by atoms with Crippen LogP contribution in [-0.4, -0.2) is 15.5 Å². The van der Waals surface area contributed by atoms with Crippen LogP contribution in [0.5, 0.6) is 0 Å². The number of carbonyl (C=O) groups is 1. The smallest absolute Gasteiger partial charge is 0.273 e. The van der Waals surface area contributed by atoms with Gasteiger partial charge in [0.2, 0.25) is 0 Å². The molecule has 0 bridgehead atoms. The molecule has 2 aromatic carbocycles. The van der Waals surface area contributed by atoms with Gasteiger partial charge >= 0.3 is 0 Å². The number of rotatable bonds is 4. The van der Waals surface area contributed by atoms with Crippen molar-refractivity contribution in [2.45, 2.75) is 0 Å². The van der Waals surface area contributed by atoms with Crippen molar-refractivity contribution in [1.82, 2.24) is 9.55 Å². The third-order valence-electron chi connectivity index (χ3n) is 4.50. The minimum Gasteiger partial charge on any atom is -0.321 e. The van der Waals surface area contributed by atoms with Crippen LogP contribution in [0.15, 0.2) is 83.9 Å². The maximum atomic E-state index is 13.3. The summed E-state index contributed by atoms with van der Waals surface area (Å²) >= 11 is 1.04. The van der Waals surface area contributed by atoms with Gasteiger partial charge in [-0.05, 0) is 60.2 Å². The highest BCUT2D eigenvalue weighted by atomic mass is 32.1. The summed E-state index contributed by atoms with van der Waals surface area (Å²) in [6, 6.07) is 19.4. The molecule has 0 spiro atoms. The van der Waals surface area contributed by atoms with E-state index in [2.05, 4.69) is 10.3 Å². The molecule has 0 aliphatic carbocycles. The van der Waals surface area contributed by atoms with Gasteiger partial charge in [0.15, 0.2) is 5.57 Å². The molecule has 0 saturated carbocycles. The van der Waals surface area contributed by atoms with E-state index in [-0.39, 0.29) is 15.8 Å². The monoisotopic (exact) mass is 442 g/mol. The fraction of sp³-hybridized carbons (Fsp3) is 0. The standard InChI is InChI=1S/C24H15FN4O2S/c25-17-6-8-18(9-7-17)28-22(30)20(15-26)24-29(19-4-2-1-3-5-19)23(31)21(32-24)14-16-10-12-27-13-11-16/h1-14H,(H,28,30)/b21-14+,24-20+. The molecule has 32 heavy (non-hydrogen) atoms. The van der Waals surface area contributed by atoms with Crippen molar-refractivity contribution in [3.05, 3.63) is 110 Å². The minimum atomic E-state index is -0.694. The molecule has 0 radical (unpaired) electrons. The van der Waals surface area contributed by atoms with Gasteiger partial charge in [0.05, 0.1) is 10.2 Å². The van der Waals surface area contributed by atoms with Crippen LogP contribution in [0.1, 0.15) is 5.56 Å². The summed E-state index contributed by atoms with van der Waals surface area (Å²) in [5, 5.41) is 12.4. The molecule has 4 rings (SSSR count). The van der Waals surface area contributed by atoms with Crippen LogP contribution in [0.4, 0.5) is 10.1 Å². The van der Waals surface area contributed by atoms with E-state index >= 15 is 0 Å². The molecule has 6 nitrogen and oxygen atoms in total. The number of nitrogens with zero attached hydrogens (tertiary/aromatic N) is 3. The van der Waals surface area contributed by atoms with Crippen molar-refractivity contribution in [1.29, 1.82) is 5.26 Å². The summed E-state index contributed by atoms with van der Waals surface area (Å²) in [5.41, 5.74) is 1.04. The first-order valence-corrected chi connectivity index (χ1v) is 10.3. The number of carbonyl (C=O) groups excluding carboxylic acids is 1. The van der Waals surface area contributed by atoms with Crippen LogP contribution < -0.4 is 20.1 Å². The first kappa shape index (κ1) is 20.9. The van der Waals surface area contributed by atoms with E-state index in [1.165, 1.54) is 28.8 Å². The van der Waals surface area contributed by atoms with Gasteiger partial charge in [-0.2, -0.15) is 5.26 Å². The fourth-order valence-electron chi connectivity index (χ4n) is 3.00. The Morgan fingerprint density at radius 2 is 1.75 bits per heavy atom. The van der Waals surface area contributed by atoms with Crippen molar-refractivity contribution in [2.24, 2.45) is 0 Å². The lowest BCUT2D eigenvalue weighted by Gasteiger charge is -2.05. The number of para-hydroxylation sites is 1. The van der Waals surface area contributed by atoms with E-state index in [1.54, 1.807) is 60.9 Å². The maximum Gasteiger partial charge on any atom is 0.273 e. The SMILES string of the molecule is N#C/C(C(=O)Nc1ccc(F)cc1)=c1\s/c(=C/c2ccncc2)c(=O)n1-c1ccccc1. The maximum absolute atomic E-state index is 13.3. The Morgan fingerprint density at radius 3 is 2.41 bits per heavy atom. The molecule has 0 aliphatic heterocycles. The second kappa shape index (κ2) is 9.20. The topological polar surface area (TPSA) is 87.8 Å². The van der Waals surface area contributed by atoms with E-state index in [1.807, 2.05) is 6.07 Å². The number of halogens is 1. The molecule has 8 heteroatoms. The summed E-state index contributed by atoms with van der Waals surface area (Å²) in [7, 11) is 0. The summed E-state index contributed by atoms with van der Waals surface area (Å²) in [6.07, 6.45) is 4.91. The predicted octanol–water partition coefficient (Wildman–Crippen LogP) is 2.57. The van der Waals surface area contributed by atoms with Gasteiger partial charge in [0, 0.05) is 18.1 Å². The molecule has 2 aromatic heterocycles.